The summed E-state index contributed by atoms with van der Waals surface area (Å²) in [6.07, 6.45) is 0.720. The fraction of sp³-hybridized carbons (Fsp3) is 0.455. The zero-order valence-corrected chi connectivity index (χ0v) is 9.20. The molecule has 0 aliphatic carbocycles. The largest absolute Gasteiger partial charge is 0.207 e. The van der Waals surface area contributed by atoms with E-state index in [0.29, 0.717) is 5.25 Å². The van der Waals surface area contributed by atoms with E-state index in [1.807, 2.05) is 0 Å². The van der Waals surface area contributed by atoms with Crippen molar-refractivity contribution in [1.82, 2.24) is 0 Å². The van der Waals surface area contributed by atoms with Crippen molar-refractivity contribution in [2.75, 3.05) is 5.75 Å². The highest BCUT2D eigenvalue weighted by molar-refractivity contribution is 7.99. The fourth-order valence-corrected chi connectivity index (χ4v) is 1.99. The maximum atomic E-state index is 12.8. The first kappa shape index (κ1) is 11.5. The van der Waals surface area contributed by atoms with Crippen LogP contribution in [0.25, 0.3) is 0 Å². The van der Waals surface area contributed by atoms with Gasteiger partial charge in [-0.05, 0) is 35.1 Å². The number of hydrogen-bond donors (Lipinski definition) is 0. The summed E-state index contributed by atoms with van der Waals surface area (Å²) in [7, 11) is 0. The number of rotatable bonds is 4. The number of halogens is 2. The minimum Gasteiger partial charge on any atom is -0.207 e. The second-order valence-electron chi connectivity index (χ2n) is 3.45. The van der Waals surface area contributed by atoms with Crippen LogP contribution in [-0.2, 0) is 6.42 Å². The van der Waals surface area contributed by atoms with Crippen LogP contribution in [-0.4, -0.2) is 11.0 Å². The topological polar surface area (TPSA) is 0 Å². The maximum absolute atomic E-state index is 12.8. The van der Waals surface area contributed by atoms with Crippen molar-refractivity contribution in [3.05, 3.63) is 35.4 Å². The van der Waals surface area contributed by atoms with Gasteiger partial charge in [0.2, 0.25) is 0 Å². The Morgan fingerprint density at radius 2 is 1.71 bits per heavy atom. The van der Waals surface area contributed by atoms with Crippen LogP contribution < -0.4 is 0 Å². The van der Waals surface area contributed by atoms with Crippen molar-refractivity contribution in [1.29, 1.82) is 0 Å². The molecular weight excluding hydrogens is 202 g/mol. The lowest BCUT2D eigenvalue weighted by Gasteiger charge is -2.04. The molecule has 0 heterocycles. The smallest absolute Gasteiger partial charge is 0.126 e. The Bertz CT molecular complexity index is 277. The first-order valence-electron chi connectivity index (χ1n) is 4.64. The highest BCUT2D eigenvalue weighted by Gasteiger charge is 2.01. The van der Waals surface area contributed by atoms with Gasteiger partial charge in [-0.3, -0.25) is 0 Å². The van der Waals surface area contributed by atoms with E-state index in [2.05, 4.69) is 13.8 Å². The minimum absolute atomic E-state index is 0.491. The molecule has 0 aliphatic rings. The van der Waals surface area contributed by atoms with Gasteiger partial charge in [0.15, 0.2) is 0 Å². The van der Waals surface area contributed by atoms with Crippen LogP contribution in [0.5, 0.6) is 0 Å². The maximum Gasteiger partial charge on any atom is 0.126 e. The van der Waals surface area contributed by atoms with E-state index >= 15 is 0 Å². The molecule has 3 heteroatoms. The molecule has 0 aliphatic heterocycles. The third-order valence-electron chi connectivity index (χ3n) is 1.76. The Morgan fingerprint density at radius 1 is 1.14 bits per heavy atom. The van der Waals surface area contributed by atoms with Crippen LogP contribution in [0.1, 0.15) is 19.4 Å². The van der Waals surface area contributed by atoms with Crippen LogP contribution in [0, 0.1) is 11.6 Å². The normalized spacial score (nSPS) is 10.9. The van der Waals surface area contributed by atoms with E-state index < -0.39 is 11.6 Å². The molecule has 0 atom stereocenters. The van der Waals surface area contributed by atoms with Gasteiger partial charge in [-0.2, -0.15) is 11.8 Å². The molecule has 0 spiro atoms. The van der Waals surface area contributed by atoms with Gasteiger partial charge in [0, 0.05) is 6.07 Å². The predicted octanol–water partition coefficient (Wildman–Crippen LogP) is 3.65. The molecule has 1 rings (SSSR count). The van der Waals surface area contributed by atoms with Crippen LogP contribution >= 0.6 is 11.8 Å². The van der Waals surface area contributed by atoms with Gasteiger partial charge in [0.25, 0.3) is 0 Å². The summed E-state index contributed by atoms with van der Waals surface area (Å²) in [6.45, 7) is 4.22. The molecule has 78 valence electrons. The van der Waals surface area contributed by atoms with Gasteiger partial charge in [-0.25, -0.2) is 8.78 Å². The third kappa shape index (κ3) is 4.09. The van der Waals surface area contributed by atoms with Crippen molar-refractivity contribution in [3.8, 4) is 0 Å². The van der Waals surface area contributed by atoms with E-state index in [1.165, 1.54) is 12.1 Å². The molecule has 1 aromatic rings. The van der Waals surface area contributed by atoms with E-state index in [0.717, 1.165) is 23.8 Å². The highest BCUT2D eigenvalue weighted by atomic mass is 32.2. The second kappa shape index (κ2) is 5.35. The van der Waals surface area contributed by atoms with E-state index in [-0.39, 0.29) is 0 Å². The monoisotopic (exact) mass is 216 g/mol. The Morgan fingerprint density at radius 3 is 2.21 bits per heavy atom. The first-order valence-corrected chi connectivity index (χ1v) is 5.69. The Hall–Kier alpha value is -0.570. The SMILES string of the molecule is CC(C)SCCc1cc(F)cc(F)c1. The summed E-state index contributed by atoms with van der Waals surface area (Å²) < 4.78 is 25.5. The lowest BCUT2D eigenvalue weighted by molar-refractivity contribution is 0.580. The van der Waals surface area contributed by atoms with Crippen LogP contribution in [0.15, 0.2) is 18.2 Å². The van der Waals surface area contributed by atoms with Crippen molar-refractivity contribution in [2.24, 2.45) is 0 Å². The third-order valence-corrected chi connectivity index (χ3v) is 2.87. The number of benzene rings is 1. The first-order chi connectivity index (χ1) is 6.58. The van der Waals surface area contributed by atoms with E-state index in [9.17, 15) is 8.78 Å². The summed E-state index contributed by atoms with van der Waals surface area (Å²) in [5, 5.41) is 0.563. The molecule has 0 saturated heterocycles. The molecule has 0 aromatic heterocycles. The minimum atomic E-state index is -0.491. The molecule has 0 radical (unpaired) electrons. The lowest BCUT2D eigenvalue weighted by atomic mass is 10.2. The molecular formula is C11H14F2S. The number of thioether (sulfide) groups is 1. The zero-order chi connectivity index (χ0) is 10.6. The van der Waals surface area contributed by atoms with Crippen molar-refractivity contribution < 1.29 is 8.78 Å². The number of hydrogen-bond acceptors (Lipinski definition) is 1. The van der Waals surface area contributed by atoms with E-state index in [4.69, 9.17) is 0 Å². The molecule has 0 unspecified atom stereocenters. The summed E-state index contributed by atoms with van der Waals surface area (Å²) in [5.41, 5.74) is 0.732. The Balaban J connectivity index is 2.50. The van der Waals surface area contributed by atoms with Crippen LogP contribution in [0.3, 0.4) is 0 Å². The molecule has 0 fully saturated rings. The quantitative estimate of drug-likeness (QED) is 0.740. The highest BCUT2D eigenvalue weighted by Crippen LogP contribution is 2.14. The van der Waals surface area contributed by atoms with Gasteiger partial charge < -0.3 is 0 Å². The van der Waals surface area contributed by atoms with Crippen LogP contribution in [0.4, 0.5) is 8.78 Å². The Labute approximate surface area is 87.7 Å². The lowest BCUT2D eigenvalue weighted by Crippen LogP contribution is -1.95. The molecule has 0 saturated carbocycles. The molecule has 14 heavy (non-hydrogen) atoms. The molecule has 0 amide bonds. The van der Waals surface area contributed by atoms with Gasteiger partial charge in [0.05, 0.1) is 0 Å². The van der Waals surface area contributed by atoms with Gasteiger partial charge in [-0.1, -0.05) is 13.8 Å². The molecule has 1 aromatic carbocycles. The molecule has 0 nitrogen and oxygen atoms in total. The summed E-state index contributed by atoms with van der Waals surface area (Å²) >= 11 is 1.79. The molecule has 0 N–H and O–H groups in total. The van der Waals surface area contributed by atoms with Gasteiger partial charge in [0.1, 0.15) is 11.6 Å². The summed E-state index contributed by atoms with van der Waals surface area (Å²) in [6, 6.07) is 3.69. The van der Waals surface area contributed by atoms with Crippen molar-refractivity contribution in [2.45, 2.75) is 25.5 Å². The van der Waals surface area contributed by atoms with Gasteiger partial charge >= 0.3 is 0 Å². The van der Waals surface area contributed by atoms with E-state index in [1.54, 1.807) is 11.8 Å². The average molecular weight is 216 g/mol. The average Bonchev–Trinajstić information content (AvgIpc) is 2.01. The summed E-state index contributed by atoms with van der Waals surface area (Å²) in [4.78, 5) is 0. The molecule has 0 bridgehead atoms. The second-order valence-corrected chi connectivity index (χ2v) is 5.13. The zero-order valence-electron chi connectivity index (χ0n) is 8.39. The number of aryl methyl sites for hydroxylation is 1. The standard InChI is InChI=1S/C11H14F2S/c1-8(2)14-4-3-9-5-10(12)7-11(13)6-9/h5-8H,3-4H2,1-2H3. The van der Waals surface area contributed by atoms with Crippen LogP contribution in [0.2, 0.25) is 0 Å². The predicted molar refractivity (Wildman–Crippen MR) is 57.7 cm³/mol. The van der Waals surface area contributed by atoms with Gasteiger partial charge in [-0.15, -0.1) is 0 Å². The Kier molecular flexibility index (Phi) is 4.39. The fourth-order valence-electron chi connectivity index (χ4n) is 1.17. The summed E-state index contributed by atoms with van der Waals surface area (Å²) in [5.74, 6) is -0.0790. The van der Waals surface area contributed by atoms with Crippen molar-refractivity contribution in [3.63, 3.8) is 0 Å². The van der Waals surface area contributed by atoms with Crippen molar-refractivity contribution >= 4 is 11.8 Å².